The molecule has 0 saturated carbocycles. The highest BCUT2D eigenvalue weighted by atomic mass is 32.2. The van der Waals surface area contributed by atoms with Gasteiger partial charge in [-0.1, -0.05) is 0 Å². The molecule has 32 heavy (non-hydrogen) atoms. The molecule has 1 atom stereocenters. The number of anilines is 2. The van der Waals surface area contributed by atoms with E-state index in [0.717, 1.165) is 11.6 Å². The maximum absolute atomic E-state index is 12.1. The molecule has 3 aromatic heterocycles. The zero-order chi connectivity index (χ0) is 22.5. The van der Waals surface area contributed by atoms with Crippen LogP contribution in [0, 0.1) is 6.92 Å². The largest absolute Gasteiger partial charge is 0.378 e. The zero-order valence-electron chi connectivity index (χ0n) is 18.0. The average Bonchev–Trinajstić information content (AvgIpc) is 3.38. The first kappa shape index (κ1) is 21.0. The molecular formula is C19H25N9O3S. The van der Waals surface area contributed by atoms with Gasteiger partial charge in [-0.05, 0) is 13.3 Å². The minimum atomic E-state index is -3.26. The van der Waals surface area contributed by atoms with Crippen LogP contribution in [0.25, 0.3) is 22.6 Å². The monoisotopic (exact) mass is 459 g/mol. The normalized spacial score (nSPS) is 20.3. The van der Waals surface area contributed by atoms with Crippen molar-refractivity contribution < 1.29 is 13.2 Å². The van der Waals surface area contributed by atoms with Crippen LogP contribution in [0.1, 0.15) is 18.3 Å². The van der Waals surface area contributed by atoms with Gasteiger partial charge < -0.3 is 19.9 Å². The van der Waals surface area contributed by atoms with E-state index in [2.05, 4.69) is 14.9 Å². The van der Waals surface area contributed by atoms with E-state index in [9.17, 15) is 8.42 Å². The highest BCUT2D eigenvalue weighted by Gasteiger charge is 2.33. The summed E-state index contributed by atoms with van der Waals surface area (Å²) in [6.07, 6.45) is 5.13. The summed E-state index contributed by atoms with van der Waals surface area (Å²) in [5.74, 6) is 2.15. The Balaban J connectivity index is 1.66. The first-order valence-electron chi connectivity index (χ1n) is 10.4. The van der Waals surface area contributed by atoms with Gasteiger partial charge in [-0.15, -0.1) is 0 Å². The third kappa shape index (κ3) is 3.76. The van der Waals surface area contributed by atoms with Crippen LogP contribution in [-0.4, -0.2) is 87.9 Å². The number of nitrogen functional groups attached to an aromatic ring is 1. The summed E-state index contributed by atoms with van der Waals surface area (Å²) in [4.78, 5) is 24.7. The van der Waals surface area contributed by atoms with E-state index in [1.165, 1.54) is 10.6 Å². The van der Waals surface area contributed by atoms with E-state index >= 15 is 0 Å². The quantitative estimate of drug-likeness (QED) is 0.575. The van der Waals surface area contributed by atoms with E-state index in [4.69, 9.17) is 25.4 Å². The molecule has 2 aliphatic rings. The van der Waals surface area contributed by atoms with Crippen molar-refractivity contribution in [2.24, 2.45) is 0 Å². The van der Waals surface area contributed by atoms with Gasteiger partial charge in [0, 0.05) is 38.6 Å². The fraction of sp³-hybridized carbons (Fsp3) is 0.526. The number of aromatic nitrogens is 6. The molecule has 5 rings (SSSR count). The van der Waals surface area contributed by atoms with Gasteiger partial charge in [0.05, 0.1) is 31.1 Å². The maximum atomic E-state index is 12.1. The van der Waals surface area contributed by atoms with Gasteiger partial charge in [0.1, 0.15) is 5.82 Å². The topological polar surface area (TPSA) is 145 Å². The predicted octanol–water partition coefficient (Wildman–Crippen LogP) is 0.217. The van der Waals surface area contributed by atoms with E-state index in [1.54, 1.807) is 12.4 Å². The van der Waals surface area contributed by atoms with Gasteiger partial charge in [-0.3, -0.25) is 0 Å². The zero-order valence-corrected chi connectivity index (χ0v) is 18.8. The molecule has 0 radical (unpaired) electrons. The van der Waals surface area contributed by atoms with Crippen LogP contribution in [0.2, 0.25) is 0 Å². The first-order valence-corrected chi connectivity index (χ1v) is 12.3. The highest BCUT2D eigenvalue weighted by molar-refractivity contribution is 7.88. The molecule has 12 nitrogen and oxygen atoms in total. The SMILES string of the molecule is Cc1nc2c(N3CCOCC3)nc(-c3cnc(N)nc3)nc2n1[C@H]1CCN(S(C)(=O)=O)C1. The molecule has 2 N–H and O–H groups in total. The molecule has 2 fully saturated rings. The lowest BCUT2D eigenvalue weighted by Gasteiger charge is -2.28. The summed E-state index contributed by atoms with van der Waals surface area (Å²) in [6, 6.07) is -0.0577. The fourth-order valence-electron chi connectivity index (χ4n) is 4.31. The average molecular weight is 460 g/mol. The lowest BCUT2D eigenvalue weighted by molar-refractivity contribution is 0.122. The van der Waals surface area contributed by atoms with Crippen molar-refractivity contribution in [1.29, 1.82) is 0 Å². The Labute approximate surface area is 185 Å². The van der Waals surface area contributed by atoms with Crippen molar-refractivity contribution in [3.8, 4) is 11.4 Å². The van der Waals surface area contributed by atoms with Crippen LogP contribution in [0.15, 0.2) is 12.4 Å². The molecule has 0 aromatic carbocycles. The molecular weight excluding hydrogens is 434 g/mol. The second-order valence-electron chi connectivity index (χ2n) is 8.06. The molecule has 0 spiro atoms. The standard InChI is InChI=1S/C19H25N9O3S/c1-12-23-15-17(26-5-7-31-8-6-26)24-16(13-9-21-19(20)22-10-13)25-18(15)28(12)14-3-4-27(11-14)32(2,29)30/h9-10,14H,3-8,11H2,1-2H3,(H2,20,21,22)/t14-/m0/s1. The highest BCUT2D eigenvalue weighted by Crippen LogP contribution is 2.33. The Kier molecular flexibility index (Phi) is 5.18. The predicted molar refractivity (Wildman–Crippen MR) is 119 cm³/mol. The third-order valence-corrected chi connectivity index (χ3v) is 7.17. The molecule has 0 bridgehead atoms. The molecule has 3 aromatic rings. The lowest BCUT2D eigenvalue weighted by Crippen LogP contribution is -2.37. The summed E-state index contributed by atoms with van der Waals surface area (Å²) >= 11 is 0. The third-order valence-electron chi connectivity index (χ3n) is 5.90. The van der Waals surface area contributed by atoms with Crippen LogP contribution < -0.4 is 10.6 Å². The van der Waals surface area contributed by atoms with Crippen molar-refractivity contribution in [3.63, 3.8) is 0 Å². The molecule has 0 unspecified atom stereocenters. The van der Waals surface area contributed by atoms with Crippen LogP contribution in [0.3, 0.4) is 0 Å². The number of aryl methyl sites for hydroxylation is 1. The van der Waals surface area contributed by atoms with Crippen LogP contribution in [-0.2, 0) is 14.8 Å². The number of hydrogen-bond acceptors (Lipinski definition) is 10. The van der Waals surface area contributed by atoms with Crippen molar-refractivity contribution in [2.45, 2.75) is 19.4 Å². The van der Waals surface area contributed by atoms with E-state index in [1.807, 2.05) is 11.5 Å². The molecule has 2 aliphatic heterocycles. The number of morpholine rings is 1. The maximum Gasteiger partial charge on any atom is 0.219 e. The Morgan fingerprint density at radius 1 is 1.09 bits per heavy atom. The van der Waals surface area contributed by atoms with E-state index < -0.39 is 10.0 Å². The van der Waals surface area contributed by atoms with Crippen LogP contribution in [0.4, 0.5) is 11.8 Å². The van der Waals surface area contributed by atoms with Gasteiger partial charge >= 0.3 is 0 Å². The number of imidazole rings is 1. The van der Waals surface area contributed by atoms with Gasteiger partial charge in [-0.2, -0.15) is 0 Å². The van der Waals surface area contributed by atoms with Crippen molar-refractivity contribution >= 4 is 33.0 Å². The van der Waals surface area contributed by atoms with Crippen LogP contribution >= 0.6 is 0 Å². The van der Waals surface area contributed by atoms with Crippen molar-refractivity contribution in [2.75, 3.05) is 56.3 Å². The van der Waals surface area contributed by atoms with Crippen molar-refractivity contribution in [3.05, 3.63) is 18.2 Å². The number of fused-ring (bicyclic) bond motifs is 1. The smallest absolute Gasteiger partial charge is 0.219 e. The van der Waals surface area contributed by atoms with Gasteiger partial charge in [0.2, 0.25) is 16.0 Å². The van der Waals surface area contributed by atoms with Crippen LogP contribution in [0.5, 0.6) is 0 Å². The number of nitrogens with zero attached hydrogens (tertiary/aromatic N) is 8. The lowest BCUT2D eigenvalue weighted by atomic mass is 10.2. The Morgan fingerprint density at radius 2 is 1.81 bits per heavy atom. The minimum absolute atomic E-state index is 0.0577. The number of ether oxygens (including phenoxy) is 1. The minimum Gasteiger partial charge on any atom is -0.378 e. The Hall–Kier alpha value is -2.90. The number of nitrogens with two attached hydrogens (primary N) is 1. The fourth-order valence-corrected chi connectivity index (χ4v) is 5.19. The molecule has 2 saturated heterocycles. The molecule has 0 aliphatic carbocycles. The summed E-state index contributed by atoms with van der Waals surface area (Å²) in [5, 5.41) is 0. The molecule has 0 amide bonds. The second kappa shape index (κ2) is 7.90. The Morgan fingerprint density at radius 3 is 2.47 bits per heavy atom. The molecule has 170 valence electrons. The molecule has 13 heteroatoms. The van der Waals surface area contributed by atoms with Gasteiger partial charge in [0.25, 0.3) is 0 Å². The number of hydrogen-bond donors (Lipinski definition) is 1. The Bertz CT molecular complexity index is 1250. The summed E-state index contributed by atoms with van der Waals surface area (Å²) in [7, 11) is -3.26. The van der Waals surface area contributed by atoms with Gasteiger partial charge in [0.15, 0.2) is 22.8 Å². The van der Waals surface area contributed by atoms with E-state index in [0.29, 0.717) is 68.4 Å². The second-order valence-corrected chi connectivity index (χ2v) is 10.0. The first-order chi connectivity index (χ1) is 15.3. The number of sulfonamides is 1. The molecule has 5 heterocycles. The summed E-state index contributed by atoms with van der Waals surface area (Å²) < 4.78 is 33.2. The number of rotatable bonds is 4. The van der Waals surface area contributed by atoms with Crippen molar-refractivity contribution in [1.82, 2.24) is 33.8 Å². The summed E-state index contributed by atoms with van der Waals surface area (Å²) in [5.41, 5.74) is 7.66. The summed E-state index contributed by atoms with van der Waals surface area (Å²) in [6.45, 7) is 5.39. The van der Waals surface area contributed by atoms with Gasteiger partial charge in [-0.25, -0.2) is 37.6 Å². The van der Waals surface area contributed by atoms with E-state index in [-0.39, 0.29) is 12.0 Å².